The van der Waals surface area contributed by atoms with Crippen LogP contribution in [0.2, 0.25) is 0 Å². The van der Waals surface area contributed by atoms with Gasteiger partial charge in [0.2, 0.25) is 10.0 Å². The van der Waals surface area contributed by atoms with Gasteiger partial charge in [-0.05, 0) is 24.3 Å². The molecule has 0 atom stereocenters. The molecule has 0 bridgehead atoms. The Hall–Kier alpha value is -1.99. The number of benzene rings is 1. The van der Waals surface area contributed by atoms with Crippen molar-refractivity contribution >= 4 is 26.8 Å². The highest BCUT2D eigenvalue weighted by Gasteiger charge is 2.23. The van der Waals surface area contributed by atoms with E-state index in [1.165, 1.54) is 13.1 Å². The third-order valence-corrected chi connectivity index (χ3v) is 4.55. The van der Waals surface area contributed by atoms with Gasteiger partial charge in [0.05, 0.1) is 17.0 Å². The molecule has 0 unspecified atom stereocenters. The van der Waals surface area contributed by atoms with Crippen LogP contribution in [0.25, 0.3) is 10.9 Å². The van der Waals surface area contributed by atoms with Gasteiger partial charge >= 0.3 is 0 Å². The molecule has 1 heterocycles. The second-order valence-electron chi connectivity index (χ2n) is 4.11. The fraction of sp³-hybridized carbons (Fsp3) is 0.167. The van der Waals surface area contributed by atoms with Gasteiger partial charge in [-0.25, -0.2) is 8.42 Å². The Morgan fingerprint density at radius 1 is 1.37 bits per heavy atom. The van der Waals surface area contributed by atoms with E-state index in [4.69, 9.17) is 11.1 Å². The molecule has 1 aromatic carbocycles. The van der Waals surface area contributed by atoms with Crippen molar-refractivity contribution in [3.05, 3.63) is 36.5 Å². The molecule has 0 radical (unpaired) electrons. The summed E-state index contributed by atoms with van der Waals surface area (Å²) in [7, 11) is -2.29. The molecule has 0 aliphatic heterocycles. The summed E-state index contributed by atoms with van der Waals surface area (Å²) in [4.78, 5) is 4.29. The molecule has 7 heteroatoms. The molecule has 0 aliphatic carbocycles. The lowest BCUT2D eigenvalue weighted by Gasteiger charge is -2.17. The lowest BCUT2D eigenvalue weighted by Crippen LogP contribution is -2.35. The number of fused-ring (bicyclic) bond motifs is 1. The summed E-state index contributed by atoms with van der Waals surface area (Å²) in [6.45, 7) is -0.140. The largest absolute Gasteiger partial charge is 0.387 e. The summed E-state index contributed by atoms with van der Waals surface area (Å²) >= 11 is 0. The van der Waals surface area contributed by atoms with E-state index in [1.54, 1.807) is 30.5 Å². The number of hydrogen-bond acceptors (Lipinski definition) is 4. The Morgan fingerprint density at radius 2 is 2.11 bits per heavy atom. The second kappa shape index (κ2) is 4.94. The fourth-order valence-corrected chi connectivity index (χ4v) is 3.14. The number of sulfonamides is 1. The average Bonchev–Trinajstić information content (AvgIpc) is 2.37. The van der Waals surface area contributed by atoms with Crippen molar-refractivity contribution in [3.63, 3.8) is 0 Å². The van der Waals surface area contributed by atoms with E-state index >= 15 is 0 Å². The Morgan fingerprint density at radius 3 is 2.79 bits per heavy atom. The zero-order valence-electron chi connectivity index (χ0n) is 10.4. The SMILES string of the molecule is CN(CC(=N)N)S(=O)(=O)c1cccc2ncccc12. The molecule has 0 amide bonds. The van der Waals surface area contributed by atoms with Gasteiger partial charge in [-0.1, -0.05) is 6.07 Å². The van der Waals surface area contributed by atoms with Gasteiger partial charge in [0.25, 0.3) is 0 Å². The summed E-state index contributed by atoms with van der Waals surface area (Å²) in [5.74, 6) is -0.204. The molecule has 0 fully saturated rings. The summed E-state index contributed by atoms with van der Waals surface area (Å²) in [5, 5.41) is 7.75. The molecule has 0 aliphatic rings. The number of rotatable bonds is 4. The lowest BCUT2D eigenvalue weighted by molar-refractivity contribution is 0.505. The highest BCUT2D eigenvalue weighted by Crippen LogP contribution is 2.23. The van der Waals surface area contributed by atoms with E-state index in [0.717, 1.165) is 4.31 Å². The predicted molar refractivity (Wildman–Crippen MR) is 73.5 cm³/mol. The fourth-order valence-electron chi connectivity index (χ4n) is 1.79. The first-order valence-corrected chi connectivity index (χ1v) is 7.00. The van der Waals surface area contributed by atoms with Gasteiger partial charge in [0.15, 0.2) is 0 Å². The zero-order valence-corrected chi connectivity index (χ0v) is 11.2. The summed E-state index contributed by atoms with van der Waals surface area (Å²) in [5.41, 5.74) is 5.86. The maximum absolute atomic E-state index is 12.4. The molecule has 2 aromatic rings. The molecule has 19 heavy (non-hydrogen) atoms. The van der Waals surface area contributed by atoms with Gasteiger partial charge in [0.1, 0.15) is 5.84 Å². The predicted octanol–water partition coefficient (Wildman–Crippen LogP) is 0.791. The van der Waals surface area contributed by atoms with Crippen molar-refractivity contribution in [1.82, 2.24) is 9.29 Å². The third kappa shape index (κ3) is 2.56. The van der Waals surface area contributed by atoms with Crippen LogP contribution in [0.3, 0.4) is 0 Å². The zero-order chi connectivity index (χ0) is 14.0. The first kappa shape index (κ1) is 13.4. The first-order chi connectivity index (χ1) is 8.93. The smallest absolute Gasteiger partial charge is 0.243 e. The van der Waals surface area contributed by atoms with Crippen LogP contribution in [-0.4, -0.2) is 37.1 Å². The van der Waals surface area contributed by atoms with Crippen LogP contribution in [0.5, 0.6) is 0 Å². The minimum absolute atomic E-state index is 0.140. The normalized spacial score (nSPS) is 11.9. The van der Waals surface area contributed by atoms with Crippen molar-refractivity contribution < 1.29 is 8.42 Å². The number of hydrogen-bond donors (Lipinski definition) is 2. The second-order valence-corrected chi connectivity index (χ2v) is 6.13. The monoisotopic (exact) mass is 278 g/mol. The number of likely N-dealkylation sites (N-methyl/N-ethyl adjacent to an activating group) is 1. The van der Waals surface area contributed by atoms with Crippen molar-refractivity contribution in [2.45, 2.75) is 4.90 Å². The van der Waals surface area contributed by atoms with Gasteiger partial charge in [-0.2, -0.15) is 4.31 Å². The van der Waals surface area contributed by atoms with Crippen molar-refractivity contribution in [1.29, 1.82) is 5.41 Å². The molecule has 6 nitrogen and oxygen atoms in total. The van der Waals surface area contributed by atoms with E-state index in [2.05, 4.69) is 4.98 Å². The number of amidine groups is 1. The molecule has 3 N–H and O–H groups in total. The maximum Gasteiger partial charge on any atom is 0.243 e. The number of aromatic nitrogens is 1. The standard InChI is InChI=1S/C12H14N4O2S/c1-16(8-12(13)14)19(17,18)11-6-2-5-10-9(11)4-3-7-15-10/h2-7H,8H2,1H3,(H3,13,14). The van der Waals surface area contributed by atoms with Crippen LogP contribution in [0.4, 0.5) is 0 Å². The number of nitrogens with two attached hydrogens (primary N) is 1. The Kier molecular flexibility index (Phi) is 3.50. The number of nitrogens with zero attached hydrogens (tertiary/aromatic N) is 2. The summed E-state index contributed by atoms with van der Waals surface area (Å²) in [6, 6.07) is 8.31. The minimum Gasteiger partial charge on any atom is -0.387 e. The van der Waals surface area contributed by atoms with Crippen LogP contribution in [-0.2, 0) is 10.0 Å². The van der Waals surface area contributed by atoms with Gasteiger partial charge in [0, 0.05) is 18.6 Å². The molecule has 0 saturated carbocycles. The van der Waals surface area contributed by atoms with Crippen LogP contribution in [0.15, 0.2) is 41.4 Å². The quantitative estimate of drug-likeness (QED) is 0.638. The minimum atomic E-state index is -3.69. The molecule has 2 rings (SSSR count). The van der Waals surface area contributed by atoms with Gasteiger partial charge in [-0.3, -0.25) is 10.4 Å². The van der Waals surface area contributed by atoms with Crippen molar-refractivity contribution in [2.75, 3.05) is 13.6 Å². The topological polar surface area (TPSA) is 100 Å². The van der Waals surface area contributed by atoms with Crippen LogP contribution in [0, 0.1) is 5.41 Å². The highest BCUT2D eigenvalue weighted by molar-refractivity contribution is 7.89. The molecular weight excluding hydrogens is 264 g/mol. The summed E-state index contributed by atoms with van der Waals surface area (Å²) < 4.78 is 25.9. The number of pyridine rings is 1. The molecular formula is C12H14N4O2S. The van der Waals surface area contributed by atoms with Crippen molar-refractivity contribution in [2.24, 2.45) is 5.73 Å². The Bertz CT molecular complexity index is 722. The number of nitrogens with one attached hydrogen (secondary N) is 1. The van der Waals surface area contributed by atoms with Crippen LogP contribution >= 0.6 is 0 Å². The Labute approximate surface area is 111 Å². The Balaban J connectivity index is 2.58. The molecule has 100 valence electrons. The highest BCUT2D eigenvalue weighted by atomic mass is 32.2. The van der Waals surface area contributed by atoms with E-state index in [0.29, 0.717) is 10.9 Å². The molecule has 0 spiro atoms. The van der Waals surface area contributed by atoms with E-state index in [1.807, 2.05) is 0 Å². The molecule has 1 aromatic heterocycles. The van der Waals surface area contributed by atoms with E-state index < -0.39 is 10.0 Å². The lowest BCUT2D eigenvalue weighted by atomic mass is 10.2. The molecule has 0 saturated heterocycles. The first-order valence-electron chi connectivity index (χ1n) is 5.56. The maximum atomic E-state index is 12.4. The third-order valence-electron chi connectivity index (χ3n) is 2.69. The summed E-state index contributed by atoms with van der Waals surface area (Å²) in [6.07, 6.45) is 1.61. The van der Waals surface area contributed by atoms with Crippen LogP contribution < -0.4 is 5.73 Å². The van der Waals surface area contributed by atoms with E-state index in [9.17, 15) is 8.42 Å². The van der Waals surface area contributed by atoms with E-state index in [-0.39, 0.29) is 17.3 Å². The van der Waals surface area contributed by atoms with Crippen LogP contribution in [0.1, 0.15) is 0 Å². The van der Waals surface area contributed by atoms with Gasteiger partial charge < -0.3 is 5.73 Å². The van der Waals surface area contributed by atoms with Gasteiger partial charge in [-0.15, -0.1) is 0 Å². The van der Waals surface area contributed by atoms with Crippen molar-refractivity contribution in [3.8, 4) is 0 Å². The average molecular weight is 278 g/mol.